The molecule has 0 radical (unpaired) electrons. The molecule has 0 bridgehead atoms. The predicted octanol–water partition coefficient (Wildman–Crippen LogP) is 4.03. The first-order valence-corrected chi connectivity index (χ1v) is 6.04. The summed E-state index contributed by atoms with van der Waals surface area (Å²) in [7, 11) is 0. The molecule has 0 saturated heterocycles. The molecule has 0 saturated carbocycles. The van der Waals surface area contributed by atoms with Crippen molar-refractivity contribution in [3.8, 4) is 11.5 Å². The summed E-state index contributed by atoms with van der Waals surface area (Å²) in [5.41, 5.74) is 10.8. The summed E-state index contributed by atoms with van der Waals surface area (Å²) < 4.78 is 0. The highest BCUT2D eigenvalue weighted by molar-refractivity contribution is 6.52. The summed E-state index contributed by atoms with van der Waals surface area (Å²) in [4.78, 5) is 0. The van der Waals surface area contributed by atoms with Gasteiger partial charge in [-0.25, -0.2) is 0 Å². The standard InChI is InChI=1S/C10H6Cl4N2O2/c11-3-1-2(9(17)8(16)6(3)14)4(12)7(15)10(18)5(1)13/h17-18H,15-16H2. The Labute approximate surface area is 122 Å². The molecule has 0 aliphatic rings. The van der Waals surface area contributed by atoms with E-state index in [2.05, 4.69) is 0 Å². The number of nitrogen functional groups attached to an aromatic ring is 2. The van der Waals surface area contributed by atoms with Crippen molar-refractivity contribution in [2.45, 2.75) is 0 Å². The summed E-state index contributed by atoms with van der Waals surface area (Å²) in [5.74, 6) is -0.825. The molecule has 96 valence electrons. The summed E-state index contributed by atoms with van der Waals surface area (Å²) >= 11 is 23.7. The molecule has 0 amide bonds. The normalized spacial score (nSPS) is 11.1. The number of aromatic hydroxyl groups is 2. The van der Waals surface area contributed by atoms with E-state index in [9.17, 15) is 10.2 Å². The predicted molar refractivity (Wildman–Crippen MR) is 76.1 cm³/mol. The third-order valence-corrected chi connectivity index (χ3v) is 4.16. The van der Waals surface area contributed by atoms with E-state index in [4.69, 9.17) is 57.9 Å². The van der Waals surface area contributed by atoms with Crippen molar-refractivity contribution in [3.63, 3.8) is 0 Å². The maximum Gasteiger partial charge on any atom is 0.159 e. The molecule has 0 atom stereocenters. The fourth-order valence-electron chi connectivity index (χ4n) is 1.59. The van der Waals surface area contributed by atoms with Gasteiger partial charge in [0.25, 0.3) is 0 Å². The average Bonchev–Trinajstić information content (AvgIpc) is 2.35. The zero-order valence-corrected chi connectivity index (χ0v) is 11.6. The van der Waals surface area contributed by atoms with E-state index < -0.39 is 11.5 Å². The van der Waals surface area contributed by atoms with Gasteiger partial charge < -0.3 is 21.7 Å². The van der Waals surface area contributed by atoms with Gasteiger partial charge in [0, 0.05) is 10.8 Å². The number of hydrogen-bond donors (Lipinski definition) is 4. The molecule has 0 spiro atoms. The Hall–Kier alpha value is -0.940. The summed E-state index contributed by atoms with van der Waals surface area (Å²) in [6, 6.07) is 0. The molecule has 2 rings (SSSR count). The van der Waals surface area contributed by atoms with Crippen molar-refractivity contribution in [2.75, 3.05) is 11.5 Å². The van der Waals surface area contributed by atoms with E-state index in [1.807, 2.05) is 0 Å². The van der Waals surface area contributed by atoms with Crippen LogP contribution in [-0.2, 0) is 0 Å². The zero-order chi connectivity index (χ0) is 13.8. The van der Waals surface area contributed by atoms with Gasteiger partial charge in [0.15, 0.2) is 5.75 Å². The van der Waals surface area contributed by atoms with Crippen LogP contribution in [0.5, 0.6) is 11.5 Å². The molecule has 6 N–H and O–H groups in total. The van der Waals surface area contributed by atoms with Crippen molar-refractivity contribution in [1.29, 1.82) is 0 Å². The number of anilines is 2. The van der Waals surface area contributed by atoms with Gasteiger partial charge in [0.1, 0.15) is 5.75 Å². The highest BCUT2D eigenvalue weighted by atomic mass is 35.5. The first-order chi connectivity index (χ1) is 8.29. The highest BCUT2D eigenvalue weighted by Gasteiger charge is 2.24. The lowest BCUT2D eigenvalue weighted by Crippen LogP contribution is -1.95. The van der Waals surface area contributed by atoms with Crippen molar-refractivity contribution >= 4 is 68.6 Å². The van der Waals surface area contributed by atoms with Crippen LogP contribution in [0.15, 0.2) is 0 Å². The Morgan fingerprint density at radius 2 is 1.11 bits per heavy atom. The zero-order valence-electron chi connectivity index (χ0n) is 8.56. The van der Waals surface area contributed by atoms with E-state index in [0.717, 1.165) is 0 Å². The molecule has 2 aromatic carbocycles. The molecule has 0 heterocycles. The molecule has 4 nitrogen and oxygen atoms in total. The third kappa shape index (κ3) is 1.61. The SMILES string of the molecule is Nc1c(Cl)c(Cl)c2c(Cl)c(O)c(N)c(Cl)c2c1O. The van der Waals surface area contributed by atoms with E-state index in [0.29, 0.717) is 0 Å². The molecule has 2 aromatic rings. The minimum atomic E-state index is -0.434. The summed E-state index contributed by atoms with van der Waals surface area (Å²) in [6.07, 6.45) is 0. The summed E-state index contributed by atoms with van der Waals surface area (Å²) in [6.45, 7) is 0. The minimum absolute atomic E-state index is 0.0239. The number of fused-ring (bicyclic) bond motifs is 1. The second kappa shape index (κ2) is 4.31. The number of benzene rings is 2. The maximum absolute atomic E-state index is 9.94. The lowest BCUT2D eigenvalue weighted by molar-refractivity contribution is 0.478. The first-order valence-electron chi connectivity index (χ1n) is 4.53. The maximum atomic E-state index is 9.94. The van der Waals surface area contributed by atoms with Crippen LogP contribution in [-0.4, -0.2) is 10.2 Å². The lowest BCUT2D eigenvalue weighted by Gasteiger charge is -2.15. The Balaban J connectivity index is 3.22. The smallest absolute Gasteiger partial charge is 0.159 e. The quantitative estimate of drug-likeness (QED) is 0.434. The third-order valence-electron chi connectivity index (χ3n) is 2.53. The van der Waals surface area contributed by atoms with Gasteiger partial charge in [-0.2, -0.15) is 0 Å². The number of rotatable bonds is 0. The molecular weight excluding hydrogens is 322 g/mol. The van der Waals surface area contributed by atoms with Crippen LogP contribution in [0.25, 0.3) is 10.8 Å². The van der Waals surface area contributed by atoms with Gasteiger partial charge in [0.2, 0.25) is 0 Å². The van der Waals surface area contributed by atoms with Crippen molar-refractivity contribution in [2.24, 2.45) is 0 Å². The second-order valence-electron chi connectivity index (χ2n) is 3.53. The Morgan fingerprint density at radius 3 is 1.67 bits per heavy atom. The molecule has 0 unspecified atom stereocenters. The topological polar surface area (TPSA) is 92.5 Å². The van der Waals surface area contributed by atoms with Crippen LogP contribution < -0.4 is 11.5 Å². The monoisotopic (exact) mass is 326 g/mol. The van der Waals surface area contributed by atoms with E-state index >= 15 is 0 Å². The van der Waals surface area contributed by atoms with Crippen LogP contribution in [0.2, 0.25) is 20.1 Å². The number of phenols is 2. The number of hydrogen-bond acceptors (Lipinski definition) is 4. The molecule has 0 aromatic heterocycles. The van der Waals surface area contributed by atoms with Gasteiger partial charge in [-0.1, -0.05) is 46.4 Å². The molecule has 0 aliphatic heterocycles. The molecule has 0 fully saturated rings. The van der Waals surface area contributed by atoms with Gasteiger partial charge in [-0.05, 0) is 0 Å². The largest absolute Gasteiger partial charge is 0.505 e. The van der Waals surface area contributed by atoms with E-state index in [1.54, 1.807) is 0 Å². The Morgan fingerprint density at radius 1 is 0.611 bits per heavy atom. The lowest BCUT2D eigenvalue weighted by atomic mass is 10.1. The van der Waals surface area contributed by atoms with Crippen LogP contribution >= 0.6 is 46.4 Å². The van der Waals surface area contributed by atoms with Gasteiger partial charge in [-0.15, -0.1) is 0 Å². The highest BCUT2D eigenvalue weighted by Crippen LogP contribution is 2.53. The minimum Gasteiger partial charge on any atom is -0.505 e. The Bertz CT molecular complexity index is 575. The van der Waals surface area contributed by atoms with E-state index in [-0.39, 0.29) is 42.2 Å². The van der Waals surface area contributed by atoms with Crippen molar-refractivity contribution < 1.29 is 10.2 Å². The average molecular weight is 328 g/mol. The molecule has 18 heavy (non-hydrogen) atoms. The molecule has 0 aliphatic carbocycles. The fourth-order valence-corrected chi connectivity index (χ4v) is 2.68. The molecule has 8 heteroatoms. The van der Waals surface area contributed by atoms with Crippen LogP contribution in [0, 0.1) is 0 Å². The number of phenolic OH excluding ortho intramolecular Hbond substituents is 2. The van der Waals surface area contributed by atoms with Crippen molar-refractivity contribution in [3.05, 3.63) is 20.1 Å². The number of nitrogens with two attached hydrogens (primary N) is 2. The molecular formula is C10H6Cl4N2O2. The van der Waals surface area contributed by atoms with Gasteiger partial charge >= 0.3 is 0 Å². The van der Waals surface area contributed by atoms with Crippen LogP contribution in [0.4, 0.5) is 11.4 Å². The second-order valence-corrected chi connectivity index (χ2v) is 5.04. The fraction of sp³-hybridized carbons (Fsp3) is 0. The van der Waals surface area contributed by atoms with Gasteiger partial charge in [0.05, 0.1) is 31.5 Å². The van der Waals surface area contributed by atoms with E-state index in [1.165, 1.54) is 0 Å². The summed E-state index contributed by atoms with van der Waals surface area (Å²) in [5, 5.41) is 19.4. The van der Waals surface area contributed by atoms with Crippen LogP contribution in [0.1, 0.15) is 0 Å². The first kappa shape index (κ1) is 13.5. The van der Waals surface area contributed by atoms with Crippen molar-refractivity contribution in [1.82, 2.24) is 0 Å². The number of halogens is 4. The Kier molecular flexibility index (Phi) is 3.23. The van der Waals surface area contributed by atoms with Crippen LogP contribution in [0.3, 0.4) is 0 Å². The van der Waals surface area contributed by atoms with Gasteiger partial charge in [-0.3, -0.25) is 0 Å².